The Labute approximate surface area is 113 Å². The first kappa shape index (κ1) is 13.6. The molecule has 0 radical (unpaired) electrons. The summed E-state index contributed by atoms with van der Waals surface area (Å²) in [4.78, 5) is 26.1. The van der Waals surface area contributed by atoms with Crippen LogP contribution in [-0.4, -0.2) is 30.3 Å². The van der Waals surface area contributed by atoms with Crippen LogP contribution in [0.3, 0.4) is 0 Å². The molecule has 1 amide bonds. The molecular weight excluding hydrogens is 240 g/mol. The Bertz CT molecular complexity index is 509. The first-order chi connectivity index (χ1) is 8.98. The van der Waals surface area contributed by atoms with E-state index in [4.69, 9.17) is 0 Å². The van der Waals surface area contributed by atoms with Gasteiger partial charge < -0.3 is 10.2 Å². The molecule has 0 atom stereocenters. The Balaban J connectivity index is 2.46. The lowest BCUT2D eigenvalue weighted by Crippen LogP contribution is -2.62. The minimum absolute atomic E-state index is 0.00231. The average molecular weight is 260 g/mol. The number of hydrogen-bond acceptors (Lipinski definition) is 3. The predicted octanol–water partition coefficient (Wildman–Crippen LogP) is 1.99. The van der Waals surface area contributed by atoms with Gasteiger partial charge in [-0.1, -0.05) is 19.1 Å². The van der Waals surface area contributed by atoms with Gasteiger partial charge in [-0.05, 0) is 26.0 Å². The molecule has 0 spiro atoms. The number of ketones is 1. The zero-order chi connectivity index (χ0) is 14.0. The number of Topliss-reactive ketones (excluding diaryl/α,β-unsaturated/α-hetero) is 1. The number of anilines is 1. The van der Waals surface area contributed by atoms with E-state index in [1.54, 1.807) is 0 Å². The summed E-state index contributed by atoms with van der Waals surface area (Å²) in [6.07, 6.45) is 0.470. The summed E-state index contributed by atoms with van der Waals surface area (Å²) < 4.78 is 0. The van der Waals surface area contributed by atoms with Crippen molar-refractivity contribution in [2.24, 2.45) is 0 Å². The van der Waals surface area contributed by atoms with Crippen molar-refractivity contribution < 1.29 is 9.59 Å². The fourth-order valence-corrected chi connectivity index (χ4v) is 2.46. The number of carbonyl (C=O) groups is 2. The van der Waals surface area contributed by atoms with Crippen LogP contribution in [0.15, 0.2) is 24.3 Å². The molecule has 2 rings (SSSR count). The summed E-state index contributed by atoms with van der Waals surface area (Å²) in [6, 6.07) is 7.53. The summed E-state index contributed by atoms with van der Waals surface area (Å²) >= 11 is 0. The van der Waals surface area contributed by atoms with Crippen molar-refractivity contribution in [3.63, 3.8) is 0 Å². The van der Waals surface area contributed by atoms with Gasteiger partial charge in [0.1, 0.15) is 5.54 Å². The maximum atomic E-state index is 12.0. The van der Waals surface area contributed by atoms with E-state index in [1.807, 2.05) is 49.9 Å². The second-order valence-corrected chi connectivity index (χ2v) is 5.26. The van der Waals surface area contributed by atoms with E-state index in [0.717, 1.165) is 5.69 Å². The second kappa shape index (κ2) is 5.03. The zero-order valence-corrected chi connectivity index (χ0v) is 11.7. The van der Waals surface area contributed by atoms with Gasteiger partial charge in [-0.15, -0.1) is 0 Å². The lowest BCUT2D eigenvalue weighted by atomic mass is 9.95. The monoisotopic (exact) mass is 260 g/mol. The third kappa shape index (κ3) is 2.35. The average Bonchev–Trinajstić information content (AvgIpc) is 2.41. The molecule has 4 heteroatoms. The number of hydrogen-bond donors (Lipinski definition) is 1. The Morgan fingerprint density at radius 3 is 2.74 bits per heavy atom. The smallest absolute Gasteiger partial charge is 0.245 e. The quantitative estimate of drug-likeness (QED) is 0.846. The van der Waals surface area contributed by atoms with Crippen molar-refractivity contribution in [1.82, 2.24) is 5.32 Å². The van der Waals surface area contributed by atoms with Gasteiger partial charge in [0.15, 0.2) is 5.78 Å². The molecule has 1 fully saturated rings. The first-order valence-corrected chi connectivity index (χ1v) is 6.66. The zero-order valence-electron chi connectivity index (χ0n) is 11.7. The highest BCUT2D eigenvalue weighted by molar-refractivity contribution is 6.02. The van der Waals surface area contributed by atoms with Gasteiger partial charge in [0, 0.05) is 30.8 Å². The number of nitrogens with zero attached hydrogens (tertiary/aromatic N) is 1. The van der Waals surface area contributed by atoms with Gasteiger partial charge in [-0.2, -0.15) is 0 Å². The second-order valence-electron chi connectivity index (χ2n) is 5.26. The molecule has 0 aliphatic carbocycles. The third-order valence-electron chi connectivity index (χ3n) is 3.67. The maximum absolute atomic E-state index is 12.0. The van der Waals surface area contributed by atoms with Crippen LogP contribution in [0.4, 0.5) is 5.69 Å². The van der Waals surface area contributed by atoms with Crippen molar-refractivity contribution in [2.45, 2.75) is 32.7 Å². The van der Waals surface area contributed by atoms with Crippen LogP contribution < -0.4 is 10.2 Å². The van der Waals surface area contributed by atoms with Crippen LogP contribution in [0.1, 0.15) is 37.6 Å². The lowest BCUT2D eigenvalue weighted by Gasteiger charge is -2.43. The number of para-hydroxylation sites is 1. The number of piperazine rings is 1. The third-order valence-corrected chi connectivity index (χ3v) is 3.67. The number of benzene rings is 1. The van der Waals surface area contributed by atoms with Crippen LogP contribution in [0.5, 0.6) is 0 Å². The van der Waals surface area contributed by atoms with Crippen LogP contribution in [-0.2, 0) is 4.79 Å². The number of amides is 1. The summed E-state index contributed by atoms with van der Waals surface area (Å²) in [5.41, 5.74) is 0.921. The van der Waals surface area contributed by atoms with Crippen molar-refractivity contribution in [1.29, 1.82) is 0 Å². The summed E-state index contributed by atoms with van der Waals surface area (Å²) in [5.74, 6) is 0.106. The highest BCUT2D eigenvalue weighted by Crippen LogP contribution is 2.29. The van der Waals surface area contributed by atoms with Gasteiger partial charge in [0.25, 0.3) is 0 Å². The molecule has 1 saturated heterocycles. The molecule has 1 aliphatic rings. The number of rotatable bonds is 3. The highest BCUT2D eigenvalue weighted by Gasteiger charge is 2.38. The minimum atomic E-state index is -0.637. The van der Waals surface area contributed by atoms with Crippen LogP contribution in [0.25, 0.3) is 0 Å². The van der Waals surface area contributed by atoms with Gasteiger partial charge >= 0.3 is 0 Å². The van der Waals surface area contributed by atoms with E-state index in [9.17, 15) is 9.59 Å². The largest absolute Gasteiger partial charge is 0.355 e. The van der Waals surface area contributed by atoms with E-state index in [1.165, 1.54) is 0 Å². The van der Waals surface area contributed by atoms with Crippen LogP contribution in [0.2, 0.25) is 0 Å². The predicted molar refractivity (Wildman–Crippen MR) is 75.5 cm³/mol. The van der Waals surface area contributed by atoms with Gasteiger partial charge in [0.2, 0.25) is 5.91 Å². The topological polar surface area (TPSA) is 49.4 Å². The molecule has 1 aromatic carbocycles. The number of carbonyl (C=O) groups excluding carboxylic acids is 2. The van der Waals surface area contributed by atoms with Gasteiger partial charge in [-0.25, -0.2) is 0 Å². The Kier molecular flexibility index (Phi) is 3.60. The SMILES string of the molecule is CCC(=O)c1ccccc1N1CCNC(=O)C1(C)C. The Morgan fingerprint density at radius 1 is 1.37 bits per heavy atom. The van der Waals surface area contributed by atoms with E-state index in [-0.39, 0.29) is 11.7 Å². The molecule has 0 bridgehead atoms. The molecule has 1 aromatic rings. The van der Waals surface area contributed by atoms with Crippen molar-refractivity contribution in [3.8, 4) is 0 Å². The van der Waals surface area contributed by atoms with E-state index >= 15 is 0 Å². The fourth-order valence-electron chi connectivity index (χ4n) is 2.46. The molecule has 0 unspecified atom stereocenters. The van der Waals surface area contributed by atoms with Crippen molar-refractivity contribution in [2.75, 3.05) is 18.0 Å². The molecule has 1 heterocycles. The standard InChI is InChI=1S/C15H20N2O2/c1-4-13(18)11-7-5-6-8-12(11)17-10-9-16-14(19)15(17,2)3/h5-8H,4,9-10H2,1-3H3,(H,16,19). The van der Waals surface area contributed by atoms with Crippen LogP contribution in [0, 0.1) is 0 Å². The minimum Gasteiger partial charge on any atom is -0.355 e. The van der Waals surface area contributed by atoms with Gasteiger partial charge in [0.05, 0.1) is 0 Å². The molecule has 0 saturated carbocycles. The molecule has 0 aromatic heterocycles. The first-order valence-electron chi connectivity index (χ1n) is 6.66. The molecule has 102 valence electrons. The van der Waals surface area contributed by atoms with E-state index < -0.39 is 5.54 Å². The highest BCUT2D eigenvalue weighted by atomic mass is 16.2. The summed E-state index contributed by atoms with van der Waals surface area (Å²) in [7, 11) is 0. The normalized spacial score (nSPS) is 18.1. The number of nitrogens with one attached hydrogen (secondary N) is 1. The lowest BCUT2D eigenvalue weighted by molar-refractivity contribution is -0.126. The molecule has 19 heavy (non-hydrogen) atoms. The molecule has 4 nitrogen and oxygen atoms in total. The summed E-state index contributed by atoms with van der Waals surface area (Å²) in [6.45, 7) is 6.94. The summed E-state index contributed by atoms with van der Waals surface area (Å²) in [5, 5.41) is 2.87. The molecule has 1 N–H and O–H groups in total. The van der Waals surface area contributed by atoms with E-state index in [0.29, 0.717) is 25.1 Å². The Morgan fingerprint density at radius 2 is 2.05 bits per heavy atom. The fraction of sp³-hybridized carbons (Fsp3) is 0.467. The Hall–Kier alpha value is -1.84. The van der Waals surface area contributed by atoms with Crippen LogP contribution >= 0.6 is 0 Å². The maximum Gasteiger partial charge on any atom is 0.245 e. The van der Waals surface area contributed by atoms with Crippen molar-refractivity contribution in [3.05, 3.63) is 29.8 Å². The molecular formula is C15H20N2O2. The molecule has 1 aliphatic heterocycles. The van der Waals surface area contributed by atoms with E-state index in [2.05, 4.69) is 5.32 Å². The van der Waals surface area contributed by atoms with Gasteiger partial charge in [-0.3, -0.25) is 9.59 Å². The van der Waals surface area contributed by atoms with Crippen molar-refractivity contribution >= 4 is 17.4 Å².